The number of hydrogen-bond acceptors (Lipinski definition) is 4. The minimum absolute atomic E-state index is 0. The lowest BCUT2D eigenvalue weighted by atomic mass is 10.1. The summed E-state index contributed by atoms with van der Waals surface area (Å²) in [5, 5.41) is 5.74. The highest BCUT2D eigenvalue weighted by Crippen LogP contribution is 2.21. The van der Waals surface area contributed by atoms with Crippen LogP contribution in [0.15, 0.2) is 18.2 Å². The zero-order valence-corrected chi connectivity index (χ0v) is 14.8. The Hall–Kier alpha value is -1.34. The predicted molar refractivity (Wildman–Crippen MR) is 94.4 cm³/mol. The van der Waals surface area contributed by atoms with Gasteiger partial charge in [0.1, 0.15) is 0 Å². The number of benzene rings is 1. The Kier molecular flexibility index (Phi) is 10.6. The highest BCUT2D eigenvalue weighted by atomic mass is 35.5. The molecule has 0 spiro atoms. The number of rotatable bonds is 8. The summed E-state index contributed by atoms with van der Waals surface area (Å²) in [5.41, 5.74) is 6.37. The second-order valence-corrected chi connectivity index (χ2v) is 5.20. The lowest BCUT2D eigenvalue weighted by Gasteiger charge is -2.13. The van der Waals surface area contributed by atoms with Crippen molar-refractivity contribution in [1.29, 1.82) is 0 Å². The van der Waals surface area contributed by atoms with Crippen molar-refractivity contribution < 1.29 is 14.3 Å². The van der Waals surface area contributed by atoms with Crippen LogP contribution >= 0.6 is 24.0 Å². The van der Waals surface area contributed by atoms with Crippen LogP contribution in [0.5, 0.6) is 0 Å². The zero-order chi connectivity index (χ0) is 16.5. The second kappa shape index (κ2) is 11.2. The van der Waals surface area contributed by atoms with E-state index in [-0.39, 0.29) is 48.3 Å². The van der Waals surface area contributed by atoms with Crippen LogP contribution in [0.3, 0.4) is 0 Å². The maximum Gasteiger partial charge on any atom is 0.252 e. The SMILES string of the molecule is CCCNC(=O)c1ccc(NC(=O)CC(CN)OC)cc1Cl.Cl. The molecule has 0 aliphatic carbocycles. The third-order valence-electron chi connectivity index (χ3n) is 3.04. The molecule has 0 fully saturated rings. The van der Waals surface area contributed by atoms with Gasteiger partial charge in [-0.2, -0.15) is 0 Å². The molecule has 1 rings (SSSR count). The van der Waals surface area contributed by atoms with Gasteiger partial charge in [-0.15, -0.1) is 12.4 Å². The number of nitrogens with two attached hydrogens (primary N) is 1. The molecule has 0 radical (unpaired) electrons. The smallest absolute Gasteiger partial charge is 0.252 e. The largest absolute Gasteiger partial charge is 0.380 e. The number of halogens is 2. The summed E-state index contributed by atoms with van der Waals surface area (Å²) in [5.74, 6) is -0.455. The lowest BCUT2D eigenvalue weighted by molar-refractivity contribution is -0.118. The fourth-order valence-electron chi connectivity index (χ4n) is 1.79. The van der Waals surface area contributed by atoms with Crippen LogP contribution in [-0.2, 0) is 9.53 Å². The molecule has 1 aromatic carbocycles. The molecule has 0 aliphatic heterocycles. The van der Waals surface area contributed by atoms with E-state index < -0.39 is 0 Å². The van der Waals surface area contributed by atoms with Crippen LogP contribution in [-0.4, -0.2) is 38.1 Å². The van der Waals surface area contributed by atoms with E-state index in [1.165, 1.54) is 7.11 Å². The summed E-state index contributed by atoms with van der Waals surface area (Å²) in [6, 6.07) is 4.76. The third-order valence-corrected chi connectivity index (χ3v) is 3.36. The number of ether oxygens (including phenoxy) is 1. The average molecular weight is 364 g/mol. The van der Waals surface area contributed by atoms with Gasteiger partial charge in [-0.3, -0.25) is 9.59 Å². The summed E-state index contributed by atoms with van der Waals surface area (Å²) in [6.45, 7) is 2.82. The first kappa shape index (κ1) is 21.7. The number of nitrogens with one attached hydrogen (secondary N) is 2. The molecule has 23 heavy (non-hydrogen) atoms. The van der Waals surface area contributed by atoms with E-state index in [9.17, 15) is 9.59 Å². The lowest BCUT2D eigenvalue weighted by Crippen LogP contribution is -2.28. The number of hydrogen-bond donors (Lipinski definition) is 3. The highest BCUT2D eigenvalue weighted by molar-refractivity contribution is 6.34. The zero-order valence-electron chi connectivity index (χ0n) is 13.2. The molecule has 1 atom stereocenters. The molecule has 1 unspecified atom stereocenters. The molecule has 8 heteroatoms. The summed E-state index contributed by atoms with van der Waals surface area (Å²) in [4.78, 5) is 23.7. The van der Waals surface area contributed by atoms with Crippen molar-refractivity contribution in [2.24, 2.45) is 5.73 Å². The number of anilines is 1. The van der Waals surface area contributed by atoms with Crippen molar-refractivity contribution in [2.45, 2.75) is 25.9 Å². The quantitative estimate of drug-likeness (QED) is 0.659. The molecule has 0 aromatic heterocycles. The van der Waals surface area contributed by atoms with E-state index in [1.54, 1.807) is 18.2 Å². The molecular formula is C15H23Cl2N3O3. The van der Waals surface area contributed by atoms with E-state index in [0.29, 0.717) is 17.8 Å². The molecule has 0 aliphatic rings. The van der Waals surface area contributed by atoms with E-state index in [4.69, 9.17) is 22.1 Å². The van der Waals surface area contributed by atoms with Gasteiger partial charge in [0.2, 0.25) is 5.91 Å². The summed E-state index contributed by atoms with van der Waals surface area (Å²) in [6.07, 6.45) is 0.678. The van der Waals surface area contributed by atoms with Crippen LogP contribution in [0, 0.1) is 0 Å². The fraction of sp³-hybridized carbons (Fsp3) is 0.467. The van der Waals surface area contributed by atoms with Crippen molar-refractivity contribution in [2.75, 3.05) is 25.5 Å². The molecule has 0 heterocycles. The third kappa shape index (κ3) is 7.18. The van der Waals surface area contributed by atoms with Gasteiger partial charge in [0.05, 0.1) is 23.1 Å². The van der Waals surface area contributed by atoms with Gasteiger partial charge in [-0.05, 0) is 24.6 Å². The van der Waals surface area contributed by atoms with Crippen LogP contribution in [0.2, 0.25) is 5.02 Å². The van der Waals surface area contributed by atoms with Gasteiger partial charge in [-0.25, -0.2) is 0 Å². The van der Waals surface area contributed by atoms with E-state index in [2.05, 4.69) is 10.6 Å². The second-order valence-electron chi connectivity index (χ2n) is 4.80. The molecule has 130 valence electrons. The number of amides is 2. The molecule has 6 nitrogen and oxygen atoms in total. The van der Waals surface area contributed by atoms with E-state index in [0.717, 1.165) is 6.42 Å². The Morgan fingerprint density at radius 2 is 2.09 bits per heavy atom. The highest BCUT2D eigenvalue weighted by Gasteiger charge is 2.14. The Bertz CT molecular complexity index is 523. The summed E-state index contributed by atoms with van der Waals surface area (Å²) < 4.78 is 5.05. The van der Waals surface area contributed by atoms with Crippen LogP contribution in [0.4, 0.5) is 5.69 Å². The number of methoxy groups -OCH3 is 1. The van der Waals surface area contributed by atoms with Gasteiger partial charge >= 0.3 is 0 Å². The fourth-order valence-corrected chi connectivity index (χ4v) is 2.06. The summed E-state index contributed by atoms with van der Waals surface area (Å²) in [7, 11) is 1.51. The topological polar surface area (TPSA) is 93.5 Å². The molecule has 4 N–H and O–H groups in total. The summed E-state index contributed by atoms with van der Waals surface area (Å²) >= 11 is 6.09. The first-order valence-corrected chi connectivity index (χ1v) is 7.50. The minimum atomic E-state index is -0.324. The van der Waals surface area contributed by atoms with Crippen LogP contribution in [0.25, 0.3) is 0 Å². The Balaban J connectivity index is 0.00000484. The van der Waals surface area contributed by atoms with Crippen molar-refractivity contribution in [1.82, 2.24) is 5.32 Å². The Morgan fingerprint density at radius 1 is 1.39 bits per heavy atom. The van der Waals surface area contributed by atoms with Gasteiger partial charge in [0.25, 0.3) is 5.91 Å². The normalized spacial score (nSPS) is 11.3. The van der Waals surface area contributed by atoms with E-state index in [1.807, 2.05) is 6.92 Å². The van der Waals surface area contributed by atoms with E-state index >= 15 is 0 Å². The maximum atomic E-state index is 11.9. The van der Waals surface area contributed by atoms with Crippen LogP contribution in [0.1, 0.15) is 30.1 Å². The van der Waals surface area contributed by atoms with Crippen molar-refractivity contribution in [3.05, 3.63) is 28.8 Å². The molecular weight excluding hydrogens is 341 g/mol. The Labute approximate surface area is 147 Å². The maximum absolute atomic E-state index is 11.9. The van der Waals surface area contributed by atoms with Crippen molar-refractivity contribution in [3.63, 3.8) is 0 Å². The Morgan fingerprint density at radius 3 is 2.61 bits per heavy atom. The van der Waals surface area contributed by atoms with Gasteiger partial charge in [0.15, 0.2) is 0 Å². The first-order valence-electron chi connectivity index (χ1n) is 7.12. The number of carbonyl (C=O) groups excluding carboxylic acids is 2. The average Bonchev–Trinajstić information content (AvgIpc) is 2.50. The standard InChI is InChI=1S/C15H22ClN3O3.ClH/c1-3-6-18-15(21)12-5-4-10(7-13(12)16)19-14(20)8-11(9-17)22-2;/h4-5,7,11H,3,6,8-9,17H2,1-2H3,(H,18,21)(H,19,20);1H. The minimum Gasteiger partial charge on any atom is -0.380 e. The molecule has 2 amide bonds. The predicted octanol–water partition coefficient (Wildman–Crippen LogP) is 2.20. The van der Waals surface area contributed by atoms with Crippen LogP contribution < -0.4 is 16.4 Å². The van der Waals surface area contributed by atoms with Crippen molar-refractivity contribution in [3.8, 4) is 0 Å². The molecule has 1 aromatic rings. The van der Waals surface area contributed by atoms with Gasteiger partial charge < -0.3 is 21.1 Å². The van der Waals surface area contributed by atoms with Gasteiger partial charge in [0, 0.05) is 25.9 Å². The number of carbonyl (C=O) groups is 2. The molecule has 0 bridgehead atoms. The monoisotopic (exact) mass is 363 g/mol. The van der Waals surface area contributed by atoms with Crippen molar-refractivity contribution >= 4 is 41.5 Å². The van der Waals surface area contributed by atoms with Gasteiger partial charge in [-0.1, -0.05) is 18.5 Å². The first-order chi connectivity index (χ1) is 10.5. The molecule has 0 saturated carbocycles. The molecule has 0 saturated heterocycles.